The first kappa shape index (κ1) is 14.2. The summed E-state index contributed by atoms with van der Waals surface area (Å²) in [6, 6.07) is 3.66. The molecular weight excluding hydrogens is 290 g/mol. The summed E-state index contributed by atoms with van der Waals surface area (Å²) in [5.74, 6) is 0.835. The van der Waals surface area contributed by atoms with Gasteiger partial charge in [0.15, 0.2) is 5.58 Å². The second-order valence-corrected chi connectivity index (χ2v) is 6.41. The van der Waals surface area contributed by atoms with Crippen LogP contribution in [0.4, 0.5) is 5.82 Å². The quantitative estimate of drug-likeness (QED) is 0.693. The molecule has 0 aliphatic heterocycles. The smallest absolute Gasteiger partial charge is 0.232 e. The van der Waals surface area contributed by atoms with Gasteiger partial charge in [0.05, 0.1) is 17.0 Å². The van der Waals surface area contributed by atoms with Crippen molar-refractivity contribution in [1.29, 1.82) is 0 Å². The topological polar surface area (TPSA) is 82.0 Å². The Morgan fingerprint density at radius 2 is 1.96 bits per heavy atom. The van der Waals surface area contributed by atoms with Gasteiger partial charge in [-0.15, -0.1) is 0 Å². The van der Waals surface area contributed by atoms with E-state index in [1.165, 1.54) is 19.3 Å². The third kappa shape index (κ3) is 2.36. The van der Waals surface area contributed by atoms with Crippen LogP contribution in [0.5, 0.6) is 0 Å². The number of nitrogens with zero attached hydrogens (tertiary/aromatic N) is 2. The monoisotopic (exact) mass is 309 g/mol. The summed E-state index contributed by atoms with van der Waals surface area (Å²) in [5, 5.41) is 1.06. The third-order valence-electron chi connectivity index (χ3n) is 4.83. The molecule has 0 spiro atoms. The van der Waals surface area contributed by atoms with Crippen LogP contribution in [0.25, 0.3) is 22.1 Å². The Kier molecular flexibility index (Phi) is 3.29. The zero-order chi connectivity index (χ0) is 16.0. The molecule has 1 fully saturated rings. The number of fused-ring (bicyclic) bond motifs is 2. The minimum Gasteiger partial charge on any atom is -0.436 e. The van der Waals surface area contributed by atoms with Gasteiger partial charge in [-0.2, -0.15) is 4.98 Å². The Bertz CT molecular complexity index is 956. The van der Waals surface area contributed by atoms with Gasteiger partial charge < -0.3 is 10.2 Å². The van der Waals surface area contributed by atoms with Crippen molar-refractivity contribution in [2.45, 2.75) is 44.9 Å². The number of anilines is 1. The van der Waals surface area contributed by atoms with Gasteiger partial charge in [-0.25, -0.2) is 0 Å². The van der Waals surface area contributed by atoms with Crippen LogP contribution in [-0.2, 0) is 0 Å². The SMILES string of the molecule is Cc1cc2c(=O)c3cc(C4CCCCC4)ncc3oc2nc1N. The van der Waals surface area contributed by atoms with Crippen molar-refractivity contribution in [2.24, 2.45) is 0 Å². The molecule has 5 heteroatoms. The number of rotatable bonds is 1. The molecule has 3 aromatic rings. The summed E-state index contributed by atoms with van der Waals surface area (Å²) < 4.78 is 5.75. The van der Waals surface area contributed by atoms with Gasteiger partial charge >= 0.3 is 0 Å². The average Bonchev–Trinajstić information content (AvgIpc) is 2.58. The van der Waals surface area contributed by atoms with Crippen LogP contribution in [-0.4, -0.2) is 9.97 Å². The predicted octanol–water partition coefficient (Wildman–Crippen LogP) is 3.67. The van der Waals surface area contributed by atoms with E-state index in [0.29, 0.717) is 28.1 Å². The number of hydrogen-bond donors (Lipinski definition) is 1. The van der Waals surface area contributed by atoms with E-state index < -0.39 is 0 Å². The first-order valence-corrected chi connectivity index (χ1v) is 8.13. The summed E-state index contributed by atoms with van der Waals surface area (Å²) in [4.78, 5) is 21.5. The van der Waals surface area contributed by atoms with Gasteiger partial charge in [0.25, 0.3) is 0 Å². The zero-order valence-corrected chi connectivity index (χ0v) is 13.1. The number of hydrogen-bond acceptors (Lipinski definition) is 5. The van der Waals surface area contributed by atoms with Crippen molar-refractivity contribution < 1.29 is 4.42 Å². The lowest BCUT2D eigenvalue weighted by atomic mass is 9.86. The van der Waals surface area contributed by atoms with Gasteiger partial charge in [0.2, 0.25) is 11.1 Å². The van der Waals surface area contributed by atoms with Crippen molar-refractivity contribution in [2.75, 3.05) is 5.73 Å². The standard InChI is InChI=1S/C18H19N3O2/c1-10-7-13-16(22)12-8-14(11-5-3-2-4-6-11)20-9-15(12)23-18(13)21-17(10)19/h7-9,11H,2-6H2,1H3,(H2,19,21). The molecule has 23 heavy (non-hydrogen) atoms. The summed E-state index contributed by atoms with van der Waals surface area (Å²) in [7, 11) is 0. The molecule has 0 radical (unpaired) electrons. The highest BCUT2D eigenvalue weighted by Crippen LogP contribution is 2.32. The number of nitrogen functional groups attached to an aromatic ring is 1. The lowest BCUT2D eigenvalue weighted by Gasteiger charge is -2.21. The lowest BCUT2D eigenvalue weighted by molar-refractivity contribution is 0.437. The highest BCUT2D eigenvalue weighted by molar-refractivity contribution is 5.88. The molecular formula is C18H19N3O2. The maximum absolute atomic E-state index is 12.8. The van der Waals surface area contributed by atoms with Crippen LogP contribution in [0.3, 0.4) is 0 Å². The van der Waals surface area contributed by atoms with Crippen molar-refractivity contribution in [1.82, 2.24) is 9.97 Å². The Morgan fingerprint density at radius 1 is 1.17 bits per heavy atom. The van der Waals surface area contributed by atoms with E-state index in [0.717, 1.165) is 24.1 Å². The van der Waals surface area contributed by atoms with Gasteiger partial charge in [0, 0.05) is 11.6 Å². The van der Waals surface area contributed by atoms with Crippen molar-refractivity contribution >= 4 is 27.9 Å². The molecule has 118 valence electrons. The van der Waals surface area contributed by atoms with Crippen molar-refractivity contribution in [3.8, 4) is 0 Å². The largest absolute Gasteiger partial charge is 0.436 e. The van der Waals surface area contributed by atoms with Crippen LogP contribution in [0.15, 0.2) is 27.5 Å². The molecule has 0 amide bonds. The minimum atomic E-state index is -0.0590. The normalized spacial score (nSPS) is 16.2. The molecule has 0 bridgehead atoms. The summed E-state index contributed by atoms with van der Waals surface area (Å²) in [6.45, 7) is 1.84. The van der Waals surface area contributed by atoms with E-state index in [2.05, 4.69) is 9.97 Å². The Hall–Kier alpha value is -2.43. The molecule has 1 aliphatic rings. The van der Waals surface area contributed by atoms with E-state index in [1.807, 2.05) is 13.0 Å². The van der Waals surface area contributed by atoms with E-state index in [-0.39, 0.29) is 11.1 Å². The van der Waals surface area contributed by atoms with Gasteiger partial charge in [-0.1, -0.05) is 19.3 Å². The summed E-state index contributed by atoms with van der Waals surface area (Å²) in [5.41, 5.74) is 8.29. The molecule has 0 aromatic carbocycles. The Morgan fingerprint density at radius 3 is 2.74 bits per heavy atom. The highest BCUT2D eigenvalue weighted by atomic mass is 16.3. The number of pyridine rings is 2. The Balaban J connectivity index is 1.93. The molecule has 0 saturated heterocycles. The van der Waals surface area contributed by atoms with Crippen molar-refractivity contribution in [3.63, 3.8) is 0 Å². The zero-order valence-electron chi connectivity index (χ0n) is 13.1. The number of aryl methyl sites for hydroxylation is 1. The van der Waals surface area contributed by atoms with Crippen LogP contribution < -0.4 is 11.2 Å². The molecule has 0 unspecified atom stereocenters. The minimum absolute atomic E-state index is 0.0590. The lowest BCUT2D eigenvalue weighted by Crippen LogP contribution is -2.09. The maximum Gasteiger partial charge on any atom is 0.232 e. The van der Waals surface area contributed by atoms with Crippen LogP contribution in [0.2, 0.25) is 0 Å². The second-order valence-electron chi connectivity index (χ2n) is 6.41. The molecule has 3 heterocycles. The van der Waals surface area contributed by atoms with E-state index in [4.69, 9.17) is 10.2 Å². The molecule has 1 saturated carbocycles. The highest BCUT2D eigenvalue weighted by Gasteiger charge is 2.19. The van der Waals surface area contributed by atoms with Gasteiger partial charge in [-0.3, -0.25) is 9.78 Å². The fraction of sp³-hybridized carbons (Fsp3) is 0.389. The summed E-state index contributed by atoms with van der Waals surface area (Å²) in [6.07, 6.45) is 7.71. The molecule has 2 N–H and O–H groups in total. The Labute approximate surface area is 133 Å². The first-order chi connectivity index (χ1) is 11.1. The first-order valence-electron chi connectivity index (χ1n) is 8.13. The number of aromatic nitrogens is 2. The molecule has 1 aliphatic carbocycles. The molecule has 4 rings (SSSR count). The van der Waals surface area contributed by atoms with E-state index in [1.54, 1.807) is 12.3 Å². The van der Waals surface area contributed by atoms with Gasteiger partial charge in [0.1, 0.15) is 5.82 Å². The second kappa shape index (κ2) is 5.33. The summed E-state index contributed by atoms with van der Waals surface area (Å²) >= 11 is 0. The van der Waals surface area contributed by atoms with Crippen LogP contribution in [0, 0.1) is 6.92 Å². The predicted molar refractivity (Wildman–Crippen MR) is 90.6 cm³/mol. The molecule has 0 atom stereocenters. The fourth-order valence-corrected chi connectivity index (χ4v) is 3.44. The third-order valence-corrected chi connectivity index (χ3v) is 4.83. The average molecular weight is 309 g/mol. The van der Waals surface area contributed by atoms with Crippen LogP contribution >= 0.6 is 0 Å². The van der Waals surface area contributed by atoms with E-state index >= 15 is 0 Å². The fourth-order valence-electron chi connectivity index (χ4n) is 3.44. The maximum atomic E-state index is 12.8. The van der Waals surface area contributed by atoms with Crippen molar-refractivity contribution in [3.05, 3.63) is 39.8 Å². The van der Waals surface area contributed by atoms with E-state index in [9.17, 15) is 4.79 Å². The van der Waals surface area contributed by atoms with Crippen LogP contribution in [0.1, 0.15) is 49.3 Å². The molecule has 3 aromatic heterocycles. The van der Waals surface area contributed by atoms with Gasteiger partial charge in [-0.05, 0) is 37.5 Å². The molecule has 5 nitrogen and oxygen atoms in total. The number of nitrogens with two attached hydrogens (primary N) is 1.